The molecule has 15 heavy (non-hydrogen) atoms. The Bertz CT molecular complexity index is 351. The number of para-hydroxylation sites is 1. The Hall–Kier alpha value is -1.46. The average molecular weight is 211 g/mol. The molecule has 0 aliphatic heterocycles. The van der Waals surface area contributed by atoms with Gasteiger partial charge >= 0.3 is 0 Å². The fraction of sp³-hybridized carbons (Fsp3) is 0.400. The molecule has 0 atom stereocenters. The smallest absolute Gasteiger partial charge is 0.280 e. The van der Waals surface area contributed by atoms with Crippen molar-refractivity contribution in [3.05, 3.63) is 39.4 Å². The highest BCUT2D eigenvalue weighted by Crippen LogP contribution is 2.24. The molecule has 1 N–H and O–H groups in total. The molecule has 5 nitrogen and oxygen atoms in total. The molecule has 0 aromatic heterocycles. The van der Waals surface area contributed by atoms with E-state index in [-0.39, 0.29) is 18.9 Å². The molecule has 1 aromatic carbocycles. The highest BCUT2D eigenvalue weighted by Gasteiger charge is 2.18. The Morgan fingerprint density at radius 3 is 2.67 bits per heavy atom. The van der Waals surface area contributed by atoms with Gasteiger partial charge < -0.3 is 9.84 Å². The second-order valence-corrected chi connectivity index (χ2v) is 2.98. The second kappa shape index (κ2) is 5.43. The summed E-state index contributed by atoms with van der Waals surface area (Å²) in [5, 5.41) is 19.8. The first-order valence-corrected chi connectivity index (χ1v) is 4.64. The zero-order valence-corrected chi connectivity index (χ0v) is 8.47. The van der Waals surface area contributed by atoms with Crippen molar-refractivity contribution in [1.29, 1.82) is 0 Å². The van der Waals surface area contributed by atoms with Gasteiger partial charge in [-0.25, -0.2) is 0 Å². The van der Waals surface area contributed by atoms with Gasteiger partial charge in [0, 0.05) is 6.61 Å². The van der Waals surface area contributed by atoms with Crippen LogP contribution in [0.25, 0.3) is 0 Å². The third kappa shape index (κ3) is 2.74. The van der Waals surface area contributed by atoms with Crippen LogP contribution in [0.2, 0.25) is 0 Å². The predicted molar refractivity (Wildman–Crippen MR) is 54.3 cm³/mol. The number of nitrogens with zero attached hydrogens (tertiary/aromatic N) is 1. The molecule has 0 aliphatic carbocycles. The topological polar surface area (TPSA) is 72.6 Å². The molecule has 0 aliphatic rings. The van der Waals surface area contributed by atoms with Gasteiger partial charge in [0.25, 0.3) is 5.69 Å². The van der Waals surface area contributed by atoms with Gasteiger partial charge in [-0.3, -0.25) is 10.1 Å². The summed E-state index contributed by atoms with van der Waals surface area (Å²) in [4.78, 5) is 10.3. The normalized spacial score (nSPS) is 10.3. The maximum Gasteiger partial charge on any atom is 0.280 e. The Kier molecular flexibility index (Phi) is 4.20. The van der Waals surface area contributed by atoms with Crippen molar-refractivity contribution in [2.24, 2.45) is 0 Å². The van der Waals surface area contributed by atoms with Gasteiger partial charge in [0.15, 0.2) is 0 Å². The van der Waals surface area contributed by atoms with Crippen molar-refractivity contribution in [2.75, 3.05) is 6.61 Å². The predicted octanol–water partition coefficient (Wildman–Crippen LogP) is 1.62. The first kappa shape index (κ1) is 11.6. The average Bonchev–Trinajstić information content (AvgIpc) is 2.25. The number of aliphatic hydroxyl groups excluding tert-OH is 1. The van der Waals surface area contributed by atoms with Crippen LogP contribution >= 0.6 is 0 Å². The number of nitro benzene ring substituents is 1. The standard InChI is InChI=1S/C10H13NO4/c1-2-15-7-9-5-3-4-8(6-12)10(9)11(13)14/h3-5,12H,2,6-7H2,1H3. The van der Waals surface area contributed by atoms with E-state index in [4.69, 9.17) is 9.84 Å². The van der Waals surface area contributed by atoms with E-state index in [1.54, 1.807) is 12.1 Å². The molecule has 0 spiro atoms. The van der Waals surface area contributed by atoms with Crippen molar-refractivity contribution in [1.82, 2.24) is 0 Å². The molecule has 1 aromatic rings. The minimum atomic E-state index is -0.486. The first-order valence-electron chi connectivity index (χ1n) is 4.64. The third-order valence-corrected chi connectivity index (χ3v) is 2.02. The molecule has 0 fully saturated rings. The van der Waals surface area contributed by atoms with Crippen molar-refractivity contribution in [3.63, 3.8) is 0 Å². The van der Waals surface area contributed by atoms with Crippen LogP contribution in [-0.2, 0) is 18.0 Å². The Labute approximate surface area is 87.5 Å². The van der Waals surface area contributed by atoms with Gasteiger partial charge in [0.05, 0.1) is 29.3 Å². The maximum atomic E-state index is 10.8. The SMILES string of the molecule is CCOCc1cccc(CO)c1[N+](=O)[O-]. The molecule has 0 heterocycles. The minimum Gasteiger partial charge on any atom is -0.391 e. The summed E-state index contributed by atoms with van der Waals surface area (Å²) < 4.78 is 5.12. The van der Waals surface area contributed by atoms with Crippen LogP contribution in [0.15, 0.2) is 18.2 Å². The maximum absolute atomic E-state index is 10.8. The molecule has 0 unspecified atom stereocenters. The van der Waals surface area contributed by atoms with Crippen molar-refractivity contribution in [2.45, 2.75) is 20.1 Å². The zero-order valence-electron chi connectivity index (χ0n) is 8.47. The number of nitro groups is 1. The van der Waals surface area contributed by atoms with Crippen molar-refractivity contribution < 1.29 is 14.8 Å². The quantitative estimate of drug-likeness (QED) is 0.593. The fourth-order valence-corrected chi connectivity index (χ4v) is 1.34. The monoisotopic (exact) mass is 211 g/mol. The Morgan fingerprint density at radius 1 is 1.47 bits per heavy atom. The van der Waals surface area contributed by atoms with Gasteiger partial charge in [-0.05, 0) is 19.1 Å². The summed E-state index contributed by atoms with van der Waals surface area (Å²) in [6, 6.07) is 4.84. The molecule has 0 amide bonds. The first-order chi connectivity index (χ1) is 7.20. The van der Waals surface area contributed by atoms with E-state index >= 15 is 0 Å². The molecular weight excluding hydrogens is 198 g/mol. The summed E-state index contributed by atoms with van der Waals surface area (Å²) in [5.74, 6) is 0. The number of aliphatic hydroxyl groups is 1. The van der Waals surface area contributed by atoms with E-state index < -0.39 is 4.92 Å². The summed E-state index contributed by atoms with van der Waals surface area (Å²) in [6.45, 7) is 2.18. The van der Waals surface area contributed by atoms with E-state index in [1.807, 2.05) is 6.92 Å². The molecule has 0 saturated carbocycles. The minimum absolute atomic E-state index is 0.0477. The Balaban J connectivity index is 3.07. The highest BCUT2D eigenvalue weighted by atomic mass is 16.6. The van der Waals surface area contributed by atoms with Crippen LogP contribution in [0.1, 0.15) is 18.1 Å². The van der Waals surface area contributed by atoms with Crippen molar-refractivity contribution in [3.8, 4) is 0 Å². The van der Waals surface area contributed by atoms with Gasteiger partial charge in [0.1, 0.15) is 0 Å². The van der Waals surface area contributed by atoms with E-state index in [9.17, 15) is 10.1 Å². The molecule has 0 bridgehead atoms. The molecule has 82 valence electrons. The van der Waals surface area contributed by atoms with Gasteiger partial charge in [-0.2, -0.15) is 0 Å². The lowest BCUT2D eigenvalue weighted by molar-refractivity contribution is -0.386. The summed E-state index contributed by atoms with van der Waals surface area (Å²) in [6.07, 6.45) is 0. The van der Waals surface area contributed by atoms with Gasteiger partial charge in [0.2, 0.25) is 0 Å². The lowest BCUT2D eigenvalue weighted by Crippen LogP contribution is -2.02. The molecular formula is C10H13NO4. The van der Waals surface area contributed by atoms with Crippen LogP contribution in [0, 0.1) is 10.1 Å². The number of hydrogen-bond donors (Lipinski definition) is 1. The lowest BCUT2D eigenvalue weighted by atomic mass is 10.1. The van der Waals surface area contributed by atoms with Crippen LogP contribution in [0.4, 0.5) is 5.69 Å². The summed E-state index contributed by atoms with van der Waals surface area (Å²) in [5.41, 5.74) is 0.763. The third-order valence-electron chi connectivity index (χ3n) is 2.02. The summed E-state index contributed by atoms with van der Waals surface area (Å²) >= 11 is 0. The number of hydrogen-bond acceptors (Lipinski definition) is 4. The van der Waals surface area contributed by atoms with E-state index in [0.717, 1.165) is 0 Å². The number of ether oxygens (including phenoxy) is 1. The van der Waals surface area contributed by atoms with Crippen molar-refractivity contribution >= 4 is 5.69 Å². The molecule has 1 rings (SSSR count). The van der Waals surface area contributed by atoms with Crippen LogP contribution in [-0.4, -0.2) is 16.6 Å². The van der Waals surface area contributed by atoms with Crippen LogP contribution < -0.4 is 0 Å². The van der Waals surface area contributed by atoms with Crippen LogP contribution in [0.5, 0.6) is 0 Å². The largest absolute Gasteiger partial charge is 0.391 e. The van der Waals surface area contributed by atoms with E-state index in [1.165, 1.54) is 6.07 Å². The van der Waals surface area contributed by atoms with Crippen LogP contribution in [0.3, 0.4) is 0 Å². The van der Waals surface area contributed by atoms with Gasteiger partial charge in [-0.1, -0.05) is 6.07 Å². The number of benzene rings is 1. The van der Waals surface area contributed by atoms with E-state index in [2.05, 4.69) is 0 Å². The molecule has 5 heteroatoms. The van der Waals surface area contributed by atoms with Gasteiger partial charge in [-0.15, -0.1) is 0 Å². The lowest BCUT2D eigenvalue weighted by Gasteiger charge is -2.05. The second-order valence-electron chi connectivity index (χ2n) is 2.98. The highest BCUT2D eigenvalue weighted by molar-refractivity contribution is 5.47. The Morgan fingerprint density at radius 2 is 2.13 bits per heavy atom. The number of rotatable bonds is 5. The molecule has 0 saturated heterocycles. The molecule has 0 radical (unpaired) electrons. The van der Waals surface area contributed by atoms with E-state index in [0.29, 0.717) is 17.7 Å². The zero-order chi connectivity index (χ0) is 11.3. The summed E-state index contributed by atoms with van der Waals surface area (Å²) in [7, 11) is 0. The fourth-order valence-electron chi connectivity index (χ4n) is 1.34.